The van der Waals surface area contributed by atoms with Gasteiger partial charge in [-0.15, -0.1) is 0 Å². The van der Waals surface area contributed by atoms with E-state index in [1.807, 2.05) is 0 Å². The molecule has 2 heteroatoms. The molecule has 0 aromatic carbocycles. The molecule has 14 heavy (non-hydrogen) atoms. The first-order valence-electron chi connectivity index (χ1n) is 6.09. The largest absolute Gasteiger partial charge is 0.326 e. The molecule has 2 N–H and O–H groups in total. The quantitative estimate of drug-likeness (QED) is 0.751. The van der Waals surface area contributed by atoms with Gasteiger partial charge in [-0.05, 0) is 46.2 Å². The van der Waals surface area contributed by atoms with Crippen molar-refractivity contribution < 1.29 is 0 Å². The zero-order valence-corrected chi connectivity index (χ0v) is 10.1. The molecule has 1 aliphatic rings. The molecule has 0 radical (unpaired) electrons. The summed E-state index contributed by atoms with van der Waals surface area (Å²) in [7, 11) is 0. The predicted molar refractivity (Wildman–Crippen MR) is 62.4 cm³/mol. The van der Waals surface area contributed by atoms with Crippen LogP contribution in [0, 0.1) is 0 Å². The molecule has 1 fully saturated rings. The van der Waals surface area contributed by atoms with Crippen molar-refractivity contribution in [2.24, 2.45) is 5.73 Å². The zero-order valence-electron chi connectivity index (χ0n) is 10.1. The molecule has 0 aliphatic carbocycles. The fourth-order valence-electron chi connectivity index (χ4n) is 2.37. The van der Waals surface area contributed by atoms with Crippen LogP contribution in [0.1, 0.15) is 52.9 Å². The van der Waals surface area contributed by atoms with E-state index >= 15 is 0 Å². The fourth-order valence-corrected chi connectivity index (χ4v) is 2.37. The molecule has 0 bridgehead atoms. The Bertz CT molecular complexity index is 160. The maximum atomic E-state index is 6.25. The monoisotopic (exact) mass is 198 g/mol. The van der Waals surface area contributed by atoms with Gasteiger partial charge < -0.3 is 5.73 Å². The minimum Gasteiger partial charge on any atom is -0.326 e. The average molecular weight is 198 g/mol. The lowest BCUT2D eigenvalue weighted by molar-refractivity contribution is 0.0704. The number of hydrogen-bond acceptors (Lipinski definition) is 2. The van der Waals surface area contributed by atoms with Crippen molar-refractivity contribution in [1.82, 2.24) is 4.90 Å². The fraction of sp³-hybridized carbons (Fsp3) is 1.00. The van der Waals surface area contributed by atoms with E-state index in [2.05, 4.69) is 25.7 Å². The molecule has 0 aromatic rings. The Labute approximate surface area is 88.8 Å². The van der Waals surface area contributed by atoms with Gasteiger partial charge in [0.15, 0.2) is 0 Å². The summed E-state index contributed by atoms with van der Waals surface area (Å²) in [6.07, 6.45) is 6.43. The van der Waals surface area contributed by atoms with Gasteiger partial charge in [-0.1, -0.05) is 19.8 Å². The van der Waals surface area contributed by atoms with Gasteiger partial charge in [-0.25, -0.2) is 0 Å². The van der Waals surface area contributed by atoms with Crippen molar-refractivity contribution in [3.63, 3.8) is 0 Å². The van der Waals surface area contributed by atoms with Crippen molar-refractivity contribution >= 4 is 0 Å². The van der Waals surface area contributed by atoms with Crippen LogP contribution in [0.2, 0.25) is 0 Å². The first-order chi connectivity index (χ1) is 6.59. The zero-order chi connectivity index (χ0) is 10.6. The van der Waals surface area contributed by atoms with Gasteiger partial charge in [0.1, 0.15) is 0 Å². The summed E-state index contributed by atoms with van der Waals surface area (Å²) in [6.45, 7) is 9.30. The van der Waals surface area contributed by atoms with Gasteiger partial charge in [0.05, 0.1) is 0 Å². The Balaban J connectivity index is 2.52. The van der Waals surface area contributed by atoms with Gasteiger partial charge in [-0.2, -0.15) is 0 Å². The summed E-state index contributed by atoms with van der Waals surface area (Å²) in [6, 6.07) is 0.325. The van der Waals surface area contributed by atoms with Gasteiger partial charge in [0, 0.05) is 11.6 Å². The molecule has 0 aromatic heterocycles. The molecule has 1 rings (SSSR count). The van der Waals surface area contributed by atoms with E-state index in [1.54, 1.807) is 0 Å². The summed E-state index contributed by atoms with van der Waals surface area (Å²) in [5.41, 5.74) is 6.44. The van der Waals surface area contributed by atoms with Gasteiger partial charge in [-0.3, -0.25) is 4.90 Å². The predicted octanol–water partition coefficient (Wildman–Crippen LogP) is 2.38. The SMILES string of the molecule is CCCC(N)C(C)(C)N1CCCCC1. The maximum absolute atomic E-state index is 6.25. The van der Waals surface area contributed by atoms with Crippen LogP contribution in [0.4, 0.5) is 0 Å². The summed E-state index contributed by atoms with van der Waals surface area (Å²) >= 11 is 0. The molecule has 1 saturated heterocycles. The van der Waals surface area contributed by atoms with Crippen LogP contribution >= 0.6 is 0 Å². The highest BCUT2D eigenvalue weighted by molar-refractivity contribution is 4.92. The Morgan fingerprint density at radius 3 is 2.29 bits per heavy atom. The smallest absolute Gasteiger partial charge is 0.0304 e. The first-order valence-corrected chi connectivity index (χ1v) is 6.09. The molecule has 84 valence electrons. The van der Waals surface area contributed by atoms with Crippen LogP contribution in [0.5, 0.6) is 0 Å². The second-order valence-corrected chi connectivity index (χ2v) is 5.10. The Morgan fingerprint density at radius 2 is 1.79 bits per heavy atom. The van der Waals surface area contributed by atoms with Crippen LogP contribution in [0.3, 0.4) is 0 Å². The van der Waals surface area contributed by atoms with Gasteiger partial charge in [0.25, 0.3) is 0 Å². The molecule has 0 saturated carbocycles. The topological polar surface area (TPSA) is 29.3 Å². The lowest BCUT2D eigenvalue weighted by Crippen LogP contribution is -2.57. The number of piperidine rings is 1. The van der Waals surface area contributed by atoms with Crippen molar-refractivity contribution in [2.45, 2.75) is 64.5 Å². The molecule has 1 heterocycles. The van der Waals surface area contributed by atoms with Crippen LogP contribution in [0.25, 0.3) is 0 Å². The third kappa shape index (κ3) is 2.71. The molecular weight excluding hydrogens is 172 g/mol. The highest BCUT2D eigenvalue weighted by atomic mass is 15.2. The molecule has 0 amide bonds. The number of likely N-dealkylation sites (tertiary alicyclic amines) is 1. The summed E-state index contributed by atoms with van der Waals surface area (Å²) in [4.78, 5) is 2.58. The summed E-state index contributed by atoms with van der Waals surface area (Å²) < 4.78 is 0. The molecule has 1 aliphatic heterocycles. The Kier molecular flexibility index (Phi) is 4.39. The van der Waals surface area contributed by atoms with Crippen molar-refractivity contribution in [1.29, 1.82) is 0 Å². The Hall–Kier alpha value is -0.0800. The normalized spacial score (nSPS) is 22.3. The van der Waals surface area contributed by atoms with Crippen LogP contribution in [-0.2, 0) is 0 Å². The van der Waals surface area contributed by atoms with E-state index in [0.717, 1.165) is 6.42 Å². The summed E-state index contributed by atoms with van der Waals surface area (Å²) in [5, 5.41) is 0. The van der Waals surface area contributed by atoms with E-state index in [1.165, 1.54) is 38.8 Å². The number of rotatable bonds is 4. The van der Waals surface area contributed by atoms with Gasteiger partial charge >= 0.3 is 0 Å². The van der Waals surface area contributed by atoms with Crippen LogP contribution in [0.15, 0.2) is 0 Å². The average Bonchev–Trinajstić information content (AvgIpc) is 2.19. The summed E-state index contributed by atoms with van der Waals surface area (Å²) in [5.74, 6) is 0. The number of nitrogens with two attached hydrogens (primary N) is 1. The van der Waals surface area contributed by atoms with E-state index in [-0.39, 0.29) is 5.54 Å². The van der Waals surface area contributed by atoms with Gasteiger partial charge in [0.2, 0.25) is 0 Å². The lowest BCUT2D eigenvalue weighted by atomic mass is 9.88. The second kappa shape index (κ2) is 5.13. The van der Waals surface area contributed by atoms with Crippen molar-refractivity contribution in [2.75, 3.05) is 13.1 Å². The van der Waals surface area contributed by atoms with E-state index in [9.17, 15) is 0 Å². The minimum absolute atomic E-state index is 0.191. The molecule has 0 spiro atoms. The molecule has 2 nitrogen and oxygen atoms in total. The van der Waals surface area contributed by atoms with Crippen LogP contribution < -0.4 is 5.73 Å². The standard InChI is InChI=1S/C12H26N2/c1-4-8-11(13)12(2,3)14-9-6-5-7-10-14/h11H,4-10,13H2,1-3H3. The highest BCUT2D eigenvalue weighted by Gasteiger charge is 2.32. The first kappa shape index (κ1) is 12.0. The maximum Gasteiger partial charge on any atom is 0.0304 e. The van der Waals surface area contributed by atoms with E-state index in [0.29, 0.717) is 6.04 Å². The lowest BCUT2D eigenvalue weighted by Gasteiger charge is -2.44. The minimum atomic E-state index is 0.191. The van der Waals surface area contributed by atoms with E-state index in [4.69, 9.17) is 5.73 Å². The Morgan fingerprint density at radius 1 is 1.21 bits per heavy atom. The molecule has 1 atom stereocenters. The second-order valence-electron chi connectivity index (χ2n) is 5.10. The third-order valence-electron chi connectivity index (χ3n) is 3.68. The molecule has 1 unspecified atom stereocenters. The third-order valence-corrected chi connectivity index (χ3v) is 3.68. The van der Waals surface area contributed by atoms with Crippen LogP contribution in [-0.4, -0.2) is 29.6 Å². The van der Waals surface area contributed by atoms with Crippen molar-refractivity contribution in [3.8, 4) is 0 Å². The van der Waals surface area contributed by atoms with E-state index < -0.39 is 0 Å². The van der Waals surface area contributed by atoms with Crippen molar-refractivity contribution in [3.05, 3.63) is 0 Å². The number of hydrogen-bond donors (Lipinski definition) is 1. The molecular formula is C12H26N2. The highest BCUT2D eigenvalue weighted by Crippen LogP contribution is 2.24. The number of nitrogens with zero attached hydrogens (tertiary/aromatic N) is 1.